The minimum Gasteiger partial charge on any atom is -0.328 e. The third kappa shape index (κ3) is 3.83. The van der Waals surface area contributed by atoms with Crippen molar-refractivity contribution in [3.05, 3.63) is 18.0 Å². The van der Waals surface area contributed by atoms with E-state index in [1.54, 1.807) is 0 Å². The largest absolute Gasteiger partial charge is 0.328 e. The first kappa shape index (κ1) is 10.6. The van der Waals surface area contributed by atoms with Crippen LogP contribution in [0.4, 0.5) is 0 Å². The SMILES string of the molecule is CSCCn1cc(CC(C)N)cn1. The molecule has 4 heteroatoms. The molecule has 0 aliphatic heterocycles. The number of hydrogen-bond donors (Lipinski definition) is 1. The third-order valence-corrected chi connectivity index (χ3v) is 2.36. The van der Waals surface area contributed by atoms with E-state index in [1.165, 1.54) is 5.56 Å². The van der Waals surface area contributed by atoms with Gasteiger partial charge in [0.25, 0.3) is 0 Å². The predicted octanol–water partition coefficient (Wildman–Crippen LogP) is 1.14. The zero-order valence-corrected chi connectivity index (χ0v) is 9.05. The monoisotopic (exact) mass is 199 g/mol. The van der Waals surface area contributed by atoms with Crippen LogP contribution >= 0.6 is 11.8 Å². The van der Waals surface area contributed by atoms with E-state index in [9.17, 15) is 0 Å². The lowest BCUT2D eigenvalue weighted by Crippen LogP contribution is -2.17. The van der Waals surface area contributed by atoms with Crippen LogP contribution in [-0.2, 0) is 13.0 Å². The Hall–Kier alpha value is -0.480. The van der Waals surface area contributed by atoms with Crippen LogP contribution < -0.4 is 5.73 Å². The van der Waals surface area contributed by atoms with Crippen LogP contribution in [0.3, 0.4) is 0 Å². The summed E-state index contributed by atoms with van der Waals surface area (Å²) in [4.78, 5) is 0. The summed E-state index contributed by atoms with van der Waals surface area (Å²) in [7, 11) is 0. The van der Waals surface area contributed by atoms with E-state index < -0.39 is 0 Å². The molecule has 1 aromatic heterocycles. The molecule has 0 radical (unpaired) electrons. The van der Waals surface area contributed by atoms with Crippen LogP contribution in [0.2, 0.25) is 0 Å². The van der Waals surface area contributed by atoms with Crippen LogP contribution in [0.1, 0.15) is 12.5 Å². The highest BCUT2D eigenvalue weighted by atomic mass is 32.2. The highest BCUT2D eigenvalue weighted by Gasteiger charge is 2.00. The molecule has 74 valence electrons. The molecule has 0 fully saturated rings. The molecule has 1 heterocycles. The predicted molar refractivity (Wildman–Crippen MR) is 58.0 cm³/mol. The second-order valence-electron chi connectivity index (χ2n) is 3.29. The van der Waals surface area contributed by atoms with Crippen molar-refractivity contribution in [2.45, 2.75) is 25.9 Å². The van der Waals surface area contributed by atoms with Gasteiger partial charge in [0.2, 0.25) is 0 Å². The molecular formula is C9H17N3S. The average Bonchev–Trinajstić information content (AvgIpc) is 2.48. The lowest BCUT2D eigenvalue weighted by atomic mass is 10.1. The number of hydrogen-bond acceptors (Lipinski definition) is 3. The summed E-state index contributed by atoms with van der Waals surface area (Å²) < 4.78 is 1.98. The molecular weight excluding hydrogens is 182 g/mol. The first-order valence-corrected chi connectivity index (χ1v) is 5.87. The smallest absolute Gasteiger partial charge is 0.0522 e. The molecule has 0 aliphatic carbocycles. The van der Waals surface area contributed by atoms with Gasteiger partial charge in [0.05, 0.1) is 6.20 Å². The first-order valence-electron chi connectivity index (χ1n) is 4.48. The van der Waals surface area contributed by atoms with Gasteiger partial charge in [0.1, 0.15) is 0 Å². The molecule has 0 saturated carbocycles. The molecule has 2 N–H and O–H groups in total. The van der Waals surface area contributed by atoms with Crippen LogP contribution in [0.15, 0.2) is 12.4 Å². The van der Waals surface area contributed by atoms with Crippen molar-refractivity contribution < 1.29 is 0 Å². The second kappa shape index (κ2) is 5.29. The maximum Gasteiger partial charge on any atom is 0.0522 e. The van der Waals surface area contributed by atoms with Crippen molar-refractivity contribution in [2.24, 2.45) is 5.73 Å². The molecule has 0 aliphatic rings. The van der Waals surface area contributed by atoms with Gasteiger partial charge < -0.3 is 5.73 Å². The molecule has 1 rings (SSSR count). The molecule has 1 atom stereocenters. The Kier molecular flexibility index (Phi) is 4.32. The molecule has 0 spiro atoms. The Morgan fingerprint density at radius 3 is 3.08 bits per heavy atom. The zero-order chi connectivity index (χ0) is 9.68. The van der Waals surface area contributed by atoms with Gasteiger partial charge in [0, 0.05) is 24.5 Å². The fourth-order valence-corrected chi connectivity index (χ4v) is 1.56. The van der Waals surface area contributed by atoms with Gasteiger partial charge >= 0.3 is 0 Å². The van der Waals surface area contributed by atoms with Crippen molar-refractivity contribution in [3.63, 3.8) is 0 Å². The van der Waals surface area contributed by atoms with Gasteiger partial charge in [-0.1, -0.05) is 0 Å². The van der Waals surface area contributed by atoms with E-state index in [0.29, 0.717) is 0 Å². The summed E-state index contributed by atoms with van der Waals surface area (Å²) in [5.74, 6) is 1.11. The van der Waals surface area contributed by atoms with E-state index in [1.807, 2.05) is 29.6 Å². The maximum atomic E-state index is 5.69. The molecule has 1 aromatic rings. The molecule has 1 unspecified atom stereocenters. The van der Waals surface area contributed by atoms with Crippen molar-refractivity contribution in [2.75, 3.05) is 12.0 Å². The summed E-state index contributed by atoms with van der Waals surface area (Å²) in [6, 6.07) is 0.221. The number of nitrogens with zero attached hydrogens (tertiary/aromatic N) is 2. The van der Waals surface area contributed by atoms with Gasteiger partial charge in [-0.2, -0.15) is 16.9 Å². The Morgan fingerprint density at radius 1 is 1.69 bits per heavy atom. The van der Waals surface area contributed by atoms with E-state index >= 15 is 0 Å². The Balaban J connectivity index is 2.44. The maximum absolute atomic E-state index is 5.69. The van der Waals surface area contributed by atoms with E-state index in [4.69, 9.17) is 5.73 Å². The van der Waals surface area contributed by atoms with Crippen LogP contribution in [0.25, 0.3) is 0 Å². The normalized spacial score (nSPS) is 13.2. The fraction of sp³-hybridized carbons (Fsp3) is 0.667. The molecule has 0 bridgehead atoms. The average molecular weight is 199 g/mol. The molecule has 0 amide bonds. The van der Waals surface area contributed by atoms with Gasteiger partial charge in [-0.15, -0.1) is 0 Å². The number of aromatic nitrogens is 2. The molecule has 13 heavy (non-hydrogen) atoms. The second-order valence-corrected chi connectivity index (χ2v) is 4.27. The van der Waals surface area contributed by atoms with Gasteiger partial charge in [-0.05, 0) is 25.2 Å². The molecule has 3 nitrogen and oxygen atoms in total. The highest BCUT2D eigenvalue weighted by molar-refractivity contribution is 7.98. The number of rotatable bonds is 5. The quantitative estimate of drug-likeness (QED) is 0.773. The van der Waals surface area contributed by atoms with Gasteiger partial charge in [-0.3, -0.25) is 4.68 Å². The summed E-state index contributed by atoms with van der Waals surface area (Å²) in [6.45, 7) is 3.00. The standard InChI is InChI=1S/C9H17N3S/c1-8(10)5-9-6-11-12(7-9)3-4-13-2/h6-8H,3-5,10H2,1-2H3. The fourth-order valence-electron chi connectivity index (χ4n) is 1.19. The van der Waals surface area contributed by atoms with Crippen molar-refractivity contribution in [1.82, 2.24) is 9.78 Å². The Bertz CT molecular complexity index is 245. The van der Waals surface area contributed by atoms with Gasteiger partial charge in [-0.25, -0.2) is 0 Å². The third-order valence-electron chi connectivity index (χ3n) is 1.77. The van der Waals surface area contributed by atoms with Crippen LogP contribution in [0.5, 0.6) is 0 Å². The van der Waals surface area contributed by atoms with Gasteiger partial charge in [0.15, 0.2) is 0 Å². The number of thioether (sulfide) groups is 1. The number of nitrogens with two attached hydrogens (primary N) is 1. The summed E-state index contributed by atoms with van der Waals surface area (Å²) >= 11 is 1.83. The van der Waals surface area contributed by atoms with Crippen molar-refractivity contribution in [3.8, 4) is 0 Å². The zero-order valence-electron chi connectivity index (χ0n) is 8.23. The van der Waals surface area contributed by atoms with E-state index in [0.717, 1.165) is 18.7 Å². The molecule has 0 saturated heterocycles. The first-order chi connectivity index (χ1) is 6.22. The minimum atomic E-state index is 0.221. The minimum absolute atomic E-state index is 0.221. The lowest BCUT2D eigenvalue weighted by Gasteiger charge is -2.00. The Labute approximate surface area is 83.7 Å². The summed E-state index contributed by atoms with van der Waals surface area (Å²) in [5.41, 5.74) is 6.93. The number of aryl methyl sites for hydroxylation is 1. The van der Waals surface area contributed by atoms with E-state index in [-0.39, 0.29) is 6.04 Å². The van der Waals surface area contributed by atoms with Crippen molar-refractivity contribution >= 4 is 11.8 Å². The van der Waals surface area contributed by atoms with Crippen molar-refractivity contribution in [1.29, 1.82) is 0 Å². The van der Waals surface area contributed by atoms with E-state index in [2.05, 4.69) is 17.6 Å². The highest BCUT2D eigenvalue weighted by Crippen LogP contribution is 2.02. The summed E-state index contributed by atoms with van der Waals surface area (Å²) in [6.07, 6.45) is 7.01. The Morgan fingerprint density at radius 2 is 2.46 bits per heavy atom. The van der Waals surface area contributed by atoms with Crippen LogP contribution in [0, 0.1) is 0 Å². The van der Waals surface area contributed by atoms with Crippen LogP contribution in [-0.4, -0.2) is 27.8 Å². The topological polar surface area (TPSA) is 43.8 Å². The summed E-state index contributed by atoms with van der Waals surface area (Å²) in [5, 5.41) is 4.25. The molecule has 0 aromatic carbocycles. The lowest BCUT2D eigenvalue weighted by molar-refractivity contribution is 0.664.